The van der Waals surface area contributed by atoms with Crippen molar-refractivity contribution in [3.8, 4) is 0 Å². The van der Waals surface area contributed by atoms with E-state index >= 15 is 0 Å². The first-order chi connectivity index (χ1) is 11.4. The van der Waals surface area contributed by atoms with Gasteiger partial charge in [-0.1, -0.05) is 44.2 Å². The van der Waals surface area contributed by atoms with Crippen LogP contribution in [0.4, 0.5) is 0 Å². The van der Waals surface area contributed by atoms with Crippen LogP contribution in [0, 0.1) is 0 Å². The maximum Gasteiger partial charge on any atom is 0.240 e. The van der Waals surface area contributed by atoms with E-state index in [1.165, 1.54) is 0 Å². The van der Waals surface area contributed by atoms with Gasteiger partial charge in [0.25, 0.3) is 0 Å². The Hall–Kier alpha value is -1.92. The minimum Gasteiger partial charge on any atom is -0.368 e. The molecule has 134 valence electrons. The molecule has 1 rings (SSSR count). The number of nitrogens with one attached hydrogen (secondary N) is 2. The zero-order valence-corrected chi connectivity index (χ0v) is 14.6. The minimum absolute atomic E-state index is 0.147. The van der Waals surface area contributed by atoms with Gasteiger partial charge in [0.2, 0.25) is 11.8 Å². The molecule has 0 aliphatic rings. The molecule has 6 N–H and O–H groups in total. The summed E-state index contributed by atoms with van der Waals surface area (Å²) in [6.07, 6.45) is 2.62. The summed E-state index contributed by atoms with van der Waals surface area (Å²) in [5.41, 5.74) is 11.9. The van der Waals surface area contributed by atoms with E-state index in [9.17, 15) is 9.59 Å². The van der Waals surface area contributed by atoms with Gasteiger partial charge in [0.05, 0.1) is 6.04 Å². The highest BCUT2D eigenvalue weighted by molar-refractivity contribution is 5.89. The lowest BCUT2D eigenvalue weighted by atomic mass is 10.0. The molecule has 1 aromatic rings. The van der Waals surface area contributed by atoms with Crippen LogP contribution < -0.4 is 22.1 Å². The fourth-order valence-corrected chi connectivity index (χ4v) is 2.53. The Bertz CT molecular complexity index is 505. The number of primary amides is 1. The second-order valence-corrected chi connectivity index (χ2v) is 6.31. The second-order valence-electron chi connectivity index (χ2n) is 6.31. The number of amides is 2. The van der Waals surface area contributed by atoms with E-state index in [2.05, 4.69) is 10.6 Å². The van der Waals surface area contributed by atoms with Gasteiger partial charge in [-0.2, -0.15) is 0 Å². The zero-order chi connectivity index (χ0) is 17.9. The lowest BCUT2D eigenvalue weighted by Gasteiger charge is -2.23. The van der Waals surface area contributed by atoms with E-state index in [0.29, 0.717) is 19.4 Å². The Morgan fingerprint density at radius 2 is 1.75 bits per heavy atom. The third kappa shape index (κ3) is 7.57. The van der Waals surface area contributed by atoms with Crippen molar-refractivity contribution in [2.45, 2.75) is 57.7 Å². The first-order valence-corrected chi connectivity index (χ1v) is 8.53. The van der Waals surface area contributed by atoms with Crippen molar-refractivity contribution in [2.24, 2.45) is 11.5 Å². The molecular formula is C18H30N4O2. The van der Waals surface area contributed by atoms with Crippen LogP contribution in [0.3, 0.4) is 0 Å². The van der Waals surface area contributed by atoms with Crippen LogP contribution in [0.2, 0.25) is 0 Å². The van der Waals surface area contributed by atoms with E-state index in [4.69, 9.17) is 11.5 Å². The average Bonchev–Trinajstić information content (AvgIpc) is 2.53. The van der Waals surface area contributed by atoms with Crippen molar-refractivity contribution >= 4 is 11.8 Å². The molecule has 6 nitrogen and oxygen atoms in total. The molecule has 0 heterocycles. The summed E-state index contributed by atoms with van der Waals surface area (Å²) < 4.78 is 0. The van der Waals surface area contributed by atoms with Crippen LogP contribution in [0.1, 0.15) is 38.7 Å². The van der Waals surface area contributed by atoms with Gasteiger partial charge in [-0.3, -0.25) is 9.59 Å². The van der Waals surface area contributed by atoms with Crippen LogP contribution in [-0.4, -0.2) is 36.5 Å². The first kappa shape index (κ1) is 20.1. The molecule has 2 amide bonds. The predicted molar refractivity (Wildman–Crippen MR) is 96.2 cm³/mol. The fourth-order valence-electron chi connectivity index (χ4n) is 2.53. The van der Waals surface area contributed by atoms with Gasteiger partial charge in [0, 0.05) is 6.04 Å². The highest BCUT2D eigenvalue weighted by Crippen LogP contribution is 2.06. The largest absolute Gasteiger partial charge is 0.368 e. The van der Waals surface area contributed by atoms with Gasteiger partial charge in [-0.05, 0) is 37.8 Å². The minimum atomic E-state index is -0.656. The van der Waals surface area contributed by atoms with Crippen LogP contribution in [-0.2, 0) is 16.0 Å². The number of unbranched alkanes of at least 4 members (excludes halogenated alkanes) is 1. The Morgan fingerprint density at radius 3 is 2.29 bits per heavy atom. The Morgan fingerprint density at radius 1 is 1.08 bits per heavy atom. The molecule has 1 aromatic carbocycles. The summed E-state index contributed by atoms with van der Waals surface area (Å²) in [4.78, 5) is 24.2. The highest BCUT2D eigenvalue weighted by atomic mass is 16.2. The number of carbonyl (C=O) groups excluding carboxylic acids is 2. The molecule has 0 spiro atoms. The fraction of sp³-hybridized carbons (Fsp3) is 0.556. The lowest BCUT2D eigenvalue weighted by molar-refractivity contribution is -0.128. The van der Waals surface area contributed by atoms with Crippen LogP contribution in [0.15, 0.2) is 30.3 Å². The summed E-state index contributed by atoms with van der Waals surface area (Å²) in [6.45, 7) is 4.53. The van der Waals surface area contributed by atoms with Crippen molar-refractivity contribution in [1.82, 2.24) is 10.6 Å². The third-order valence-corrected chi connectivity index (χ3v) is 3.74. The maximum absolute atomic E-state index is 12.6. The van der Waals surface area contributed by atoms with Gasteiger partial charge >= 0.3 is 0 Å². The molecule has 0 fully saturated rings. The normalized spacial score (nSPS) is 13.5. The molecule has 6 heteroatoms. The second kappa shape index (κ2) is 10.8. The van der Waals surface area contributed by atoms with Crippen LogP contribution in [0.5, 0.6) is 0 Å². The number of hydrogen-bond donors (Lipinski definition) is 4. The zero-order valence-electron chi connectivity index (χ0n) is 14.6. The highest BCUT2D eigenvalue weighted by Gasteiger charge is 2.24. The summed E-state index contributed by atoms with van der Waals surface area (Å²) in [5, 5.41) is 6.04. The van der Waals surface area contributed by atoms with Gasteiger partial charge in [-0.25, -0.2) is 0 Å². The standard InChI is InChI=1S/C18H30N4O2/c1-13(2)21-16(12-14-8-4-3-5-9-14)18(24)22-15(17(20)23)10-6-7-11-19/h3-5,8-9,13,15-16,21H,6-7,10-12,19H2,1-2H3,(H2,20,23)(H,22,24)/t15-,16-/m0/s1. The first-order valence-electron chi connectivity index (χ1n) is 8.53. The van der Waals surface area contributed by atoms with Crippen molar-refractivity contribution in [2.75, 3.05) is 6.54 Å². The summed E-state index contributed by atoms with van der Waals surface area (Å²) >= 11 is 0. The lowest BCUT2D eigenvalue weighted by Crippen LogP contribution is -2.53. The van der Waals surface area contributed by atoms with Gasteiger partial charge in [0.15, 0.2) is 0 Å². The third-order valence-electron chi connectivity index (χ3n) is 3.74. The topological polar surface area (TPSA) is 110 Å². The van der Waals surface area contributed by atoms with E-state index in [-0.39, 0.29) is 11.9 Å². The predicted octanol–water partition coefficient (Wildman–Crippen LogP) is 0.695. The van der Waals surface area contributed by atoms with Crippen molar-refractivity contribution in [3.63, 3.8) is 0 Å². The number of hydrogen-bond acceptors (Lipinski definition) is 4. The summed E-state index contributed by atoms with van der Waals surface area (Å²) in [5.74, 6) is -0.715. The van der Waals surface area contributed by atoms with Crippen molar-refractivity contribution in [1.29, 1.82) is 0 Å². The van der Waals surface area contributed by atoms with Crippen molar-refractivity contribution in [3.05, 3.63) is 35.9 Å². The van der Waals surface area contributed by atoms with E-state index in [0.717, 1.165) is 18.4 Å². The van der Waals surface area contributed by atoms with E-state index in [1.807, 2.05) is 44.2 Å². The molecule has 2 atom stereocenters. The van der Waals surface area contributed by atoms with Crippen LogP contribution in [0.25, 0.3) is 0 Å². The maximum atomic E-state index is 12.6. The molecule has 0 radical (unpaired) electrons. The van der Waals surface area contributed by atoms with Gasteiger partial charge in [-0.15, -0.1) is 0 Å². The molecular weight excluding hydrogens is 304 g/mol. The molecule has 0 bridgehead atoms. The van der Waals surface area contributed by atoms with E-state index < -0.39 is 18.0 Å². The summed E-state index contributed by atoms with van der Waals surface area (Å²) in [6, 6.07) is 8.87. The number of benzene rings is 1. The van der Waals surface area contributed by atoms with Gasteiger partial charge < -0.3 is 22.1 Å². The molecule has 0 unspecified atom stereocenters. The summed E-state index contributed by atoms with van der Waals surface area (Å²) in [7, 11) is 0. The number of nitrogens with two attached hydrogens (primary N) is 2. The molecule has 0 saturated carbocycles. The molecule has 0 aromatic heterocycles. The van der Waals surface area contributed by atoms with Crippen LogP contribution >= 0.6 is 0 Å². The van der Waals surface area contributed by atoms with Crippen molar-refractivity contribution < 1.29 is 9.59 Å². The Labute approximate surface area is 144 Å². The monoisotopic (exact) mass is 334 g/mol. The smallest absolute Gasteiger partial charge is 0.240 e. The number of carbonyl (C=O) groups is 2. The number of rotatable bonds is 11. The molecule has 0 aliphatic carbocycles. The van der Waals surface area contributed by atoms with Gasteiger partial charge in [0.1, 0.15) is 6.04 Å². The molecule has 0 saturated heterocycles. The Balaban J connectivity index is 2.72. The Kier molecular flexibility index (Phi) is 9.04. The molecule has 0 aliphatic heterocycles. The molecule has 24 heavy (non-hydrogen) atoms. The quantitative estimate of drug-likeness (QED) is 0.446. The van der Waals surface area contributed by atoms with E-state index in [1.54, 1.807) is 0 Å². The SMILES string of the molecule is CC(C)N[C@@H](Cc1ccccc1)C(=O)N[C@@H](CCCCN)C(N)=O. The average molecular weight is 334 g/mol.